The first-order valence-corrected chi connectivity index (χ1v) is 8.35. The predicted molar refractivity (Wildman–Crippen MR) is 90.4 cm³/mol. The molecule has 128 valence electrons. The Kier molecular flexibility index (Phi) is 4.55. The highest BCUT2D eigenvalue weighted by Gasteiger charge is 2.36. The summed E-state index contributed by atoms with van der Waals surface area (Å²) >= 11 is 0. The minimum absolute atomic E-state index is 0.0309. The highest BCUT2D eigenvalue weighted by atomic mass is 16.5. The van der Waals surface area contributed by atoms with E-state index in [1.54, 1.807) is 4.90 Å². The molecule has 1 aliphatic rings. The zero-order valence-corrected chi connectivity index (χ0v) is 14.4. The second-order valence-electron chi connectivity index (χ2n) is 6.51. The topological polar surface area (TPSA) is 64.4 Å². The van der Waals surface area contributed by atoms with Gasteiger partial charge in [0, 0.05) is 19.0 Å². The first kappa shape index (κ1) is 16.5. The van der Waals surface area contributed by atoms with Crippen molar-refractivity contribution in [2.45, 2.75) is 39.8 Å². The number of likely N-dealkylation sites (tertiary alicyclic amines) is 1. The Labute approximate surface area is 141 Å². The standard InChI is InChI=1S/C18H23N3O3/c1-12(2)21-11-14(10-17(21)22)18(23)24-9-8-20-13(3)19-15-6-4-5-7-16(15)20/h4-7,12,14H,8-11H2,1-3H3. The average molecular weight is 329 g/mol. The lowest BCUT2D eigenvalue weighted by atomic mass is 10.1. The van der Waals surface area contributed by atoms with Crippen LogP contribution in [0.25, 0.3) is 11.0 Å². The number of benzene rings is 1. The molecule has 1 atom stereocenters. The molecule has 6 heteroatoms. The molecule has 0 N–H and O–H groups in total. The SMILES string of the molecule is Cc1nc2ccccc2n1CCOC(=O)C1CC(=O)N(C(C)C)C1. The van der Waals surface area contributed by atoms with E-state index in [2.05, 4.69) is 4.98 Å². The van der Waals surface area contributed by atoms with Crippen LogP contribution in [0.2, 0.25) is 0 Å². The molecule has 1 aromatic heterocycles. The van der Waals surface area contributed by atoms with Crippen molar-refractivity contribution in [3.8, 4) is 0 Å². The van der Waals surface area contributed by atoms with Gasteiger partial charge in [0.1, 0.15) is 12.4 Å². The number of para-hydroxylation sites is 2. The Morgan fingerprint density at radius 1 is 1.38 bits per heavy atom. The number of hydrogen-bond acceptors (Lipinski definition) is 4. The summed E-state index contributed by atoms with van der Waals surface area (Å²) in [5, 5.41) is 0. The second-order valence-corrected chi connectivity index (χ2v) is 6.51. The van der Waals surface area contributed by atoms with Crippen LogP contribution in [0.15, 0.2) is 24.3 Å². The quantitative estimate of drug-likeness (QED) is 0.789. The number of aryl methyl sites for hydroxylation is 1. The molecule has 24 heavy (non-hydrogen) atoms. The minimum atomic E-state index is -0.347. The smallest absolute Gasteiger partial charge is 0.311 e. The summed E-state index contributed by atoms with van der Waals surface area (Å²) in [7, 11) is 0. The number of fused-ring (bicyclic) bond motifs is 1. The van der Waals surface area contributed by atoms with Gasteiger partial charge in [-0.1, -0.05) is 12.1 Å². The molecule has 0 radical (unpaired) electrons. The highest BCUT2D eigenvalue weighted by molar-refractivity contribution is 5.87. The van der Waals surface area contributed by atoms with Crippen molar-refractivity contribution < 1.29 is 14.3 Å². The highest BCUT2D eigenvalue weighted by Crippen LogP contribution is 2.21. The van der Waals surface area contributed by atoms with E-state index in [-0.39, 0.29) is 36.9 Å². The van der Waals surface area contributed by atoms with Crippen molar-refractivity contribution in [1.82, 2.24) is 14.5 Å². The number of imidazole rings is 1. The van der Waals surface area contributed by atoms with E-state index in [1.807, 2.05) is 49.6 Å². The first-order chi connectivity index (χ1) is 11.5. The third-order valence-corrected chi connectivity index (χ3v) is 4.52. The molecule has 2 aromatic rings. The van der Waals surface area contributed by atoms with Crippen LogP contribution in [0.5, 0.6) is 0 Å². The first-order valence-electron chi connectivity index (χ1n) is 8.35. The van der Waals surface area contributed by atoms with Crippen molar-refractivity contribution in [1.29, 1.82) is 0 Å². The van der Waals surface area contributed by atoms with Gasteiger partial charge in [-0.25, -0.2) is 4.98 Å². The summed E-state index contributed by atoms with van der Waals surface area (Å²) in [5.41, 5.74) is 1.98. The number of hydrogen-bond donors (Lipinski definition) is 0. The van der Waals surface area contributed by atoms with Gasteiger partial charge in [0.15, 0.2) is 0 Å². The number of nitrogens with zero attached hydrogens (tertiary/aromatic N) is 3. The van der Waals surface area contributed by atoms with Gasteiger partial charge in [0.05, 0.1) is 23.5 Å². The van der Waals surface area contributed by atoms with Gasteiger partial charge in [-0.2, -0.15) is 0 Å². The summed E-state index contributed by atoms with van der Waals surface area (Å²) in [6.07, 6.45) is 0.254. The van der Waals surface area contributed by atoms with E-state index in [0.717, 1.165) is 16.9 Å². The second kappa shape index (κ2) is 6.63. The minimum Gasteiger partial charge on any atom is -0.464 e. The van der Waals surface area contributed by atoms with Crippen molar-refractivity contribution in [3.05, 3.63) is 30.1 Å². The number of rotatable bonds is 5. The lowest BCUT2D eigenvalue weighted by molar-refractivity contribution is -0.148. The molecule has 1 amide bonds. The van der Waals surface area contributed by atoms with Crippen LogP contribution in [-0.2, 0) is 20.9 Å². The van der Waals surface area contributed by atoms with Gasteiger partial charge < -0.3 is 14.2 Å². The molecular weight excluding hydrogens is 306 g/mol. The Morgan fingerprint density at radius 2 is 2.12 bits per heavy atom. The van der Waals surface area contributed by atoms with E-state index >= 15 is 0 Å². The third kappa shape index (κ3) is 3.13. The van der Waals surface area contributed by atoms with Crippen molar-refractivity contribution in [3.63, 3.8) is 0 Å². The fourth-order valence-electron chi connectivity index (χ4n) is 3.22. The summed E-state index contributed by atoms with van der Waals surface area (Å²) in [4.78, 5) is 30.3. The zero-order chi connectivity index (χ0) is 17.3. The van der Waals surface area contributed by atoms with E-state index in [9.17, 15) is 9.59 Å². The number of ether oxygens (including phenoxy) is 1. The molecule has 1 unspecified atom stereocenters. The predicted octanol–water partition coefficient (Wildman–Crippen LogP) is 2.14. The molecule has 2 heterocycles. The fourth-order valence-corrected chi connectivity index (χ4v) is 3.22. The number of aromatic nitrogens is 2. The van der Waals surface area contributed by atoms with Crippen LogP contribution in [0.4, 0.5) is 0 Å². The number of carbonyl (C=O) groups excluding carboxylic acids is 2. The summed E-state index contributed by atoms with van der Waals surface area (Å²) < 4.78 is 7.46. The Hall–Kier alpha value is -2.37. The van der Waals surface area contributed by atoms with Gasteiger partial charge >= 0.3 is 5.97 Å². The summed E-state index contributed by atoms with van der Waals surface area (Å²) in [6.45, 7) is 7.16. The molecule has 3 rings (SSSR count). The summed E-state index contributed by atoms with van der Waals surface area (Å²) in [5.74, 6) is 0.298. The van der Waals surface area contributed by atoms with Crippen LogP contribution in [-0.4, -0.2) is 45.5 Å². The maximum Gasteiger partial charge on any atom is 0.311 e. The molecule has 1 aromatic carbocycles. The van der Waals surface area contributed by atoms with Crippen LogP contribution in [0, 0.1) is 12.8 Å². The lowest BCUT2D eigenvalue weighted by Gasteiger charge is -2.20. The van der Waals surface area contributed by atoms with Gasteiger partial charge in [-0.05, 0) is 32.9 Å². The number of amides is 1. The molecule has 0 bridgehead atoms. The van der Waals surface area contributed by atoms with E-state index in [4.69, 9.17) is 4.74 Å². The zero-order valence-electron chi connectivity index (χ0n) is 14.4. The normalized spacial score (nSPS) is 17.9. The molecule has 6 nitrogen and oxygen atoms in total. The van der Waals surface area contributed by atoms with Gasteiger partial charge in [-0.15, -0.1) is 0 Å². The van der Waals surface area contributed by atoms with E-state index < -0.39 is 0 Å². The fraction of sp³-hybridized carbons (Fsp3) is 0.500. The third-order valence-electron chi connectivity index (χ3n) is 4.52. The summed E-state index contributed by atoms with van der Waals surface area (Å²) in [6, 6.07) is 8.02. The maximum absolute atomic E-state index is 12.2. The van der Waals surface area contributed by atoms with Crippen LogP contribution >= 0.6 is 0 Å². The van der Waals surface area contributed by atoms with Crippen LogP contribution in [0.3, 0.4) is 0 Å². The van der Waals surface area contributed by atoms with Gasteiger partial charge in [-0.3, -0.25) is 9.59 Å². The molecule has 0 aliphatic carbocycles. The monoisotopic (exact) mass is 329 g/mol. The largest absolute Gasteiger partial charge is 0.464 e. The van der Waals surface area contributed by atoms with E-state index in [0.29, 0.717) is 13.1 Å². The van der Waals surface area contributed by atoms with Crippen molar-refractivity contribution >= 4 is 22.9 Å². The number of esters is 1. The van der Waals surface area contributed by atoms with Crippen LogP contribution < -0.4 is 0 Å². The van der Waals surface area contributed by atoms with Crippen molar-refractivity contribution in [2.24, 2.45) is 5.92 Å². The lowest BCUT2D eigenvalue weighted by Crippen LogP contribution is -2.33. The molecular formula is C18H23N3O3. The van der Waals surface area contributed by atoms with E-state index in [1.165, 1.54) is 0 Å². The van der Waals surface area contributed by atoms with Crippen molar-refractivity contribution in [2.75, 3.05) is 13.2 Å². The molecule has 1 fully saturated rings. The Balaban J connectivity index is 1.57. The maximum atomic E-state index is 12.2. The van der Waals surface area contributed by atoms with Gasteiger partial charge in [0.25, 0.3) is 0 Å². The van der Waals surface area contributed by atoms with Gasteiger partial charge in [0.2, 0.25) is 5.91 Å². The van der Waals surface area contributed by atoms with Crippen LogP contribution in [0.1, 0.15) is 26.1 Å². The Morgan fingerprint density at radius 3 is 2.83 bits per heavy atom. The number of carbonyl (C=O) groups is 2. The molecule has 0 saturated carbocycles. The molecule has 1 saturated heterocycles. The molecule has 1 aliphatic heterocycles. The Bertz CT molecular complexity index is 766. The molecule has 0 spiro atoms. The average Bonchev–Trinajstić information content (AvgIpc) is 3.08.